The van der Waals surface area contributed by atoms with Crippen LogP contribution in [0.3, 0.4) is 0 Å². The van der Waals surface area contributed by atoms with Crippen molar-refractivity contribution in [3.05, 3.63) is 42.0 Å². The number of anilines is 2. The number of nitrogens with one attached hydrogen (secondary N) is 1. The Labute approximate surface area is 116 Å². The van der Waals surface area contributed by atoms with E-state index in [1.807, 2.05) is 17.7 Å². The number of carbonyl (C=O) groups is 1. The highest BCUT2D eigenvalue weighted by Crippen LogP contribution is 2.19. The van der Waals surface area contributed by atoms with Crippen LogP contribution in [0.5, 0.6) is 0 Å². The smallest absolute Gasteiger partial charge is 0.224 e. The Hall–Kier alpha value is -2.37. The summed E-state index contributed by atoms with van der Waals surface area (Å²) in [6.45, 7) is 2.65. The van der Waals surface area contributed by atoms with Gasteiger partial charge in [0.25, 0.3) is 0 Å². The lowest BCUT2D eigenvalue weighted by atomic mass is 10.2. The number of aryl methyl sites for hydroxylation is 2. The Kier molecular flexibility index (Phi) is 4.34. The molecule has 3 N–H and O–H groups in total. The van der Waals surface area contributed by atoms with Crippen LogP contribution in [-0.4, -0.2) is 15.7 Å². The molecule has 2 rings (SSSR count). The number of rotatable bonds is 5. The molecule has 0 aliphatic carbocycles. The second-order valence-electron chi connectivity index (χ2n) is 4.58. The fourth-order valence-electron chi connectivity index (χ4n) is 1.88. The highest BCUT2D eigenvalue weighted by atomic mass is 19.1. The molecule has 1 heterocycles. The van der Waals surface area contributed by atoms with E-state index in [1.165, 1.54) is 18.2 Å². The van der Waals surface area contributed by atoms with Gasteiger partial charge >= 0.3 is 0 Å². The fourth-order valence-corrected chi connectivity index (χ4v) is 1.88. The van der Waals surface area contributed by atoms with Crippen molar-refractivity contribution in [3.8, 4) is 0 Å². The highest BCUT2D eigenvalue weighted by Gasteiger charge is 2.06. The molecule has 2 aromatic rings. The third-order valence-electron chi connectivity index (χ3n) is 2.99. The van der Waals surface area contributed by atoms with E-state index in [2.05, 4.69) is 10.4 Å². The van der Waals surface area contributed by atoms with Gasteiger partial charge in [0.15, 0.2) is 0 Å². The van der Waals surface area contributed by atoms with E-state index in [0.717, 1.165) is 5.69 Å². The lowest BCUT2D eigenvalue weighted by Crippen LogP contribution is -2.14. The molecule has 5 nitrogen and oxygen atoms in total. The maximum atomic E-state index is 12.9. The van der Waals surface area contributed by atoms with Gasteiger partial charge in [-0.05, 0) is 37.6 Å². The zero-order valence-corrected chi connectivity index (χ0v) is 11.3. The molecular formula is C14H17FN4O. The second kappa shape index (κ2) is 6.18. The zero-order chi connectivity index (χ0) is 14.5. The van der Waals surface area contributed by atoms with Crippen LogP contribution in [0.4, 0.5) is 15.8 Å². The molecule has 20 heavy (non-hydrogen) atoms. The summed E-state index contributed by atoms with van der Waals surface area (Å²) in [4.78, 5) is 11.8. The maximum Gasteiger partial charge on any atom is 0.224 e. The van der Waals surface area contributed by atoms with Gasteiger partial charge in [-0.15, -0.1) is 0 Å². The Morgan fingerprint density at radius 1 is 1.45 bits per heavy atom. The summed E-state index contributed by atoms with van der Waals surface area (Å²) >= 11 is 0. The summed E-state index contributed by atoms with van der Waals surface area (Å²) in [5.41, 5.74) is 7.35. The molecule has 1 aromatic carbocycles. The number of hydrogen-bond acceptors (Lipinski definition) is 3. The quantitative estimate of drug-likeness (QED) is 0.823. The predicted molar refractivity (Wildman–Crippen MR) is 75.6 cm³/mol. The van der Waals surface area contributed by atoms with Crippen molar-refractivity contribution in [2.45, 2.75) is 26.3 Å². The molecule has 0 saturated carbocycles. The van der Waals surface area contributed by atoms with Crippen LogP contribution in [-0.2, 0) is 11.3 Å². The normalized spacial score (nSPS) is 10.5. The number of amides is 1. The van der Waals surface area contributed by atoms with Crippen LogP contribution in [0.15, 0.2) is 30.5 Å². The number of benzene rings is 1. The van der Waals surface area contributed by atoms with E-state index < -0.39 is 5.82 Å². The minimum absolute atomic E-state index is 0.145. The minimum Gasteiger partial charge on any atom is -0.397 e. The van der Waals surface area contributed by atoms with Crippen molar-refractivity contribution < 1.29 is 9.18 Å². The summed E-state index contributed by atoms with van der Waals surface area (Å²) in [7, 11) is 0. The molecule has 106 valence electrons. The van der Waals surface area contributed by atoms with Gasteiger partial charge in [0.2, 0.25) is 5.91 Å². The molecule has 1 aromatic heterocycles. The van der Waals surface area contributed by atoms with Gasteiger partial charge in [-0.3, -0.25) is 9.48 Å². The first-order valence-electron chi connectivity index (χ1n) is 6.39. The molecule has 0 bridgehead atoms. The first-order valence-corrected chi connectivity index (χ1v) is 6.39. The number of halogens is 1. The average Bonchev–Trinajstić information content (AvgIpc) is 2.79. The summed E-state index contributed by atoms with van der Waals surface area (Å²) < 4.78 is 14.7. The molecule has 6 heteroatoms. The summed E-state index contributed by atoms with van der Waals surface area (Å²) in [5, 5.41) is 6.82. The Morgan fingerprint density at radius 2 is 2.25 bits per heavy atom. The standard InChI is InChI=1S/C14H17FN4O/c1-10-6-7-17-19(10)8-2-3-14(20)18-13-5-4-11(15)9-12(13)16/h4-7,9H,2-3,8,16H2,1H3,(H,18,20). The van der Waals surface area contributed by atoms with Crippen molar-refractivity contribution in [1.29, 1.82) is 0 Å². The molecular weight excluding hydrogens is 259 g/mol. The van der Waals surface area contributed by atoms with Crippen molar-refractivity contribution in [1.82, 2.24) is 9.78 Å². The lowest BCUT2D eigenvalue weighted by molar-refractivity contribution is -0.116. The van der Waals surface area contributed by atoms with Crippen LogP contribution < -0.4 is 11.1 Å². The van der Waals surface area contributed by atoms with Crippen LogP contribution in [0.25, 0.3) is 0 Å². The topological polar surface area (TPSA) is 72.9 Å². The third-order valence-corrected chi connectivity index (χ3v) is 2.99. The van der Waals surface area contributed by atoms with Gasteiger partial charge in [0.05, 0.1) is 11.4 Å². The minimum atomic E-state index is -0.422. The molecule has 0 spiro atoms. The van der Waals surface area contributed by atoms with Crippen LogP contribution in [0.1, 0.15) is 18.5 Å². The molecule has 0 unspecified atom stereocenters. The van der Waals surface area contributed by atoms with E-state index >= 15 is 0 Å². The van der Waals surface area contributed by atoms with Gasteiger partial charge in [-0.1, -0.05) is 0 Å². The molecule has 0 aliphatic heterocycles. The molecule has 0 atom stereocenters. The molecule has 1 amide bonds. The summed E-state index contributed by atoms with van der Waals surface area (Å²) in [5.74, 6) is -0.567. The van der Waals surface area contributed by atoms with Gasteiger partial charge in [0.1, 0.15) is 5.82 Å². The number of carbonyl (C=O) groups excluding carboxylic acids is 1. The van der Waals surface area contributed by atoms with E-state index in [4.69, 9.17) is 5.73 Å². The molecule has 0 aliphatic rings. The molecule has 0 fully saturated rings. The monoisotopic (exact) mass is 276 g/mol. The second-order valence-corrected chi connectivity index (χ2v) is 4.58. The first-order chi connectivity index (χ1) is 9.56. The Morgan fingerprint density at radius 3 is 2.90 bits per heavy atom. The zero-order valence-electron chi connectivity index (χ0n) is 11.3. The lowest BCUT2D eigenvalue weighted by Gasteiger charge is -2.08. The van der Waals surface area contributed by atoms with Crippen molar-refractivity contribution >= 4 is 17.3 Å². The summed E-state index contributed by atoms with van der Waals surface area (Å²) in [6, 6.07) is 5.82. The van der Waals surface area contributed by atoms with E-state index in [9.17, 15) is 9.18 Å². The number of nitrogens with two attached hydrogens (primary N) is 1. The number of nitrogen functional groups attached to an aromatic ring is 1. The highest BCUT2D eigenvalue weighted by molar-refractivity contribution is 5.93. The average molecular weight is 276 g/mol. The van der Waals surface area contributed by atoms with Crippen LogP contribution >= 0.6 is 0 Å². The maximum absolute atomic E-state index is 12.9. The predicted octanol–water partition coefficient (Wildman–Crippen LogP) is 2.33. The molecule has 0 radical (unpaired) electrons. The third kappa shape index (κ3) is 3.57. The Balaban J connectivity index is 1.82. The SMILES string of the molecule is Cc1ccnn1CCCC(=O)Nc1ccc(F)cc1N. The van der Waals surface area contributed by atoms with Crippen molar-refractivity contribution in [3.63, 3.8) is 0 Å². The fraction of sp³-hybridized carbons (Fsp3) is 0.286. The summed E-state index contributed by atoms with van der Waals surface area (Å²) in [6.07, 6.45) is 2.76. The van der Waals surface area contributed by atoms with Gasteiger partial charge < -0.3 is 11.1 Å². The number of hydrogen-bond donors (Lipinski definition) is 2. The van der Waals surface area contributed by atoms with E-state index in [-0.39, 0.29) is 11.6 Å². The van der Waals surface area contributed by atoms with Gasteiger partial charge in [0, 0.05) is 24.9 Å². The first kappa shape index (κ1) is 14.0. The largest absolute Gasteiger partial charge is 0.397 e. The van der Waals surface area contributed by atoms with E-state index in [1.54, 1.807) is 6.20 Å². The Bertz CT molecular complexity index is 609. The van der Waals surface area contributed by atoms with Crippen LogP contribution in [0, 0.1) is 12.7 Å². The number of nitrogens with zero attached hydrogens (tertiary/aromatic N) is 2. The molecule has 0 saturated heterocycles. The van der Waals surface area contributed by atoms with Crippen molar-refractivity contribution in [2.75, 3.05) is 11.1 Å². The van der Waals surface area contributed by atoms with Gasteiger partial charge in [-0.25, -0.2) is 4.39 Å². The van der Waals surface area contributed by atoms with E-state index in [0.29, 0.717) is 25.1 Å². The van der Waals surface area contributed by atoms with Crippen molar-refractivity contribution in [2.24, 2.45) is 0 Å². The van der Waals surface area contributed by atoms with Gasteiger partial charge in [-0.2, -0.15) is 5.10 Å². The van der Waals surface area contributed by atoms with Crippen LogP contribution in [0.2, 0.25) is 0 Å². The number of aromatic nitrogens is 2.